The minimum absolute atomic E-state index is 0.263. The number of amides is 1. The van der Waals surface area contributed by atoms with Gasteiger partial charge in [0.15, 0.2) is 0 Å². The van der Waals surface area contributed by atoms with Crippen molar-refractivity contribution in [3.05, 3.63) is 58.6 Å². The van der Waals surface area contributed by atoms with Gasteiger partial charge in [0, 0.05) is 23.2 Å². The van der Waals surface area contributed by atoms with Crippen LogP contribution in [0.3, 0.4) is 0 Å². The lowest BCUT2D eigenvalue weighted by Crippen LogP contribution is -2.42. The van der Waals surface area contributed by atoms with Gasteiger partial charge in [-0.1, -0.05) is 23.7 Å². The van der Waals surface area contributed by atoms with Crippen LogP contribution in [-0.2, 0) is 11.2 Å². The number of hydrogen-bond donors (Lipinski definition) is 1. The van der Waals surface area contributed by atoms with E-state index in [0.717, 1.165) is 35.5 Å². The fourth-order valence-electron chi connectivity index (χ4n) is 3.71. The molecule has 0 aromatic heterocycles. The van der Waals surface area contributed by atoms with Crippen molar-refractivity contribution in [2.24, 2.45) is 0 Å². The molecule has 28 heavy (non-hydrogen) atoms. The zero-order valence-corrected chi connectivity index (χ0v) is 17.3. The molecule has 1 aliphatic heterocycles. The first-order valence-electron chi connectivity index (χ1n) is 9.47. The minimum Gasteiger partial charge on any atom is -0.497 e. The van der Waals surface area contributed by atoms with E-state index in [9.17, 15) is 9.90 Å². The summed E-state index contributed by atoms with van der Waals surface area (Å²) in [6, 6.07) is 13.1. The monoisotopic (exact) mass is 402 g/mol. The van der Waals surface area contributed by atoms with Crippen LogP contribution in [0.15, 0.2) is 42.5 Å². The minimum atomic E-state index is -1.11. The molecular weight excluding hydrogens is 376 g/mol. The molecule has 0 spiro atoms. The van der Waals surface area contributed by atoms with Crippen LogP contribution in [0, 0.1) is 0 Å². The Kier molecular flexibility index (Phi) is 6.60. The molecule has 0 unspecified atom stereocenters. The molecule has 5 nitrogen and oxygen atoms in total. The standard InChI is InChI=1S/C22H27ClN2O3/c1-24(2)11-4-12-25-20-10-7-17(23)13-16(20)14-19(21(26)22(25)27)15-5-8-18(28-3)9-6-15/h5-10,13,19,21,26H,4,11-12,14H2,1-3H3/t19-,21+/m1/s1. The number of methoxy groups -OCH3 is 1. The summed E-state index contributed by atoms with van der Waals surface area (Å²) in [5.41, 5.74) is 2.72. The maximum absolute atomic E-state index is 13.2. The maximum atomic E-state index is 13.2. The average molecular weight is 403 g/mol. The quantitative estimate of drug-likeness (QED) is 0.805. The van der Waals surface area contributed by atoms with Gasteiger partial charge in [0.25, 0.3) is 5.91 Å². The van der Waals surface area contributed by atoms with Crippen molar-refractivity contribution in [1.82, 2.24) is 4.90 Å². The van der Waals surface area contributed by atoms with Gasteiger partial charge < -0.3 is 19.6 Å². The van der Waals surface area contributed by atoms with Crippen molar-refractivity contribution in [2.45, 2.75) is 24.9 Å². The molecule has 150 valence electrons. The lowest BCUT2D eigenvalue weighted by molar-refractivity contribution is -0.127. The van der Waals surface area contributed by atoms with Crippen LogP contribution in [0.25, 0.3) is 0 Å². The van der Waals surface area contributed by atoms with Gasteiger partial charge in [0.2, 0.25) is 0 Å². The number of halogens is 1. The largest absolute Gasteiger partial charge is 0.497 e. The Labute approximate surface area is 171 Å². The van der Waals surface area contributed by atoms with Gasteiger partial charge in [0.1, 0.15) is 11.9 Å². The van der Waals surface area contributed by atoms with Crippen LogP contribution in [0.1, 0.15) is 23.5 Å². The summed E-state index contributed by atoms with van der Waals surface area (Å²) >= 11 is 6.24. The Bertz CT molecular complexity index is 823. The molecule has 2 atom stereocenters. The third kappa shape index (κ3) is 4.49. The topological polar surface area (TPSA) is 53.0 Å². The first-order valence-corrected chi connectivity index (χ1v) is 9.85. The van der Waals surface area contributed by atoms with Gasteiger partial charge in [-0.3, -0.25) is 4.79 Å². The van der Waals surface area contributed by atoms with Crippen molar-refractivity contribution in [3.63, 3.8) is 0 Å². The summed E-state index contributed by atoms with van der Waals surface area (Å²) in [4.78, 5) is 17.0. The number of aliphatic hydroxyl groups excluding tert-OH is 1. The van der Waals surface area contributed by atoms with E-state index in [1.54, 1.807) is 18.1 Å². The highest BCUT2D eigenvalue weighted by Crippen LogP contribution is 2.36. The number of fused-ring (bicyclic) bond motifs is 1. The van der Waals surface area contributed by atoms with E-state index in [-0.39, 0.29) is 11.8 Å². The summed E-state index contributed by atoms with van der Waals surface area (Å²) in [6.07, 6.45) is 0.249. The highest BCUT2D eigenvalue weighted by molar-refractivity contribution is 6.30. The molecule has 1 aliphatic rings. The Balaban J connectivity index is 1.96. The molecule has 0 aliphatic carbocycles. The summed E-state index contributed by atoms with van der Waals surface area (Å²) in [5.74, 6) is 0.141. The first-order chi connectivity index (χ1) is 13.4. The highest BCUT2D eigenvalue weighted by Gasteiger charge is 2.36. The van der Waals surface area contributed by atoms with Gasteiger partial charge in [-0.05, 0) is 74.9 Å². The van der Waals surface area contributed by atoms with Crippen molar-refractivity contribution in [2.75, 3.05) is 39.2 Å². The zero-order valence-electron chi connectivity index (χ0n) is 16.6. The zero-order chi connectivity index (χ0) is 20.3. The third-order valence-electron chi connectivity index (χ3n) is 5.20. The fourth-order valence-corrected chi connectivity index (χ4v) is 3.90. The highest BCUT2D eigenvalue weighted by atomic mass is 35.5. The fraction of sp³-hybridized carbons (Fsp3) is 0.409. The molecule has 3 rings (SSSR count). The van der Waals surface area contributed by atoms with E-state index in [1.807, 2.05) is 50.5 Å². The van der Waals surface area contributed by atoms with Crippen LogP contribution >= 0.6 is 11.6 Å². The Morgan fingerprint density at radius 3 is 2.57 bits per heavy atom. The molecule has 6 heteroatoms. The molecule has 1 amide bonds. The number of anilines is 1. The normalized spacial score (nSPS) is 19.5. The lowest BCUT2D eigenvalue weighted by atomic mass is 9.88. The Morgan fingerprint density at radius 2 is 1.93 bits per heavy atom. The molecule has 0 saturated heterocycles. The summed E-state index contributed by atoms with van der Waals surface area (Å²) in [6.45, 7) is 1.42. The lowest BCUT2D eigenvalue weighted by Gasteiger charge is -2.26. The average Bonchev–Trinajstić information content (AvgIpc) is 2.78. The second kappa shape index (κ2) is 8.95. The van der Waals surface area contributed by atoms with E-state index in [2.05, 4.69) is 4.90 Å². The van der Waals surface area contributed by atoms with Crippen molar-refractivity contribution in [1.29, 1.82) is 0 Å². The first kappa shape index (κ1) is 20.6. The second-order valence-corrected chi connectivity index (χ2v) is 7.88. The number of aliphatic hydroxyl groups is 1. The Morgan fingerprint density at radius 1 is 1.21 bits per heavy atom. The molecule has 2 aromatic rings. The van der Waals surface area contributed by atoms with Crippen molar-refractivity contribution < 1.29 is 14.6 Å². The van der Waals surface area contributed by atoms with Gasteiger partial charge in [0.05, 0.1) is 7.11 Å². The predicted molar refractivity (Wildman–Crippen MR) is 112 cm³/mol. The van der Waals surface area contributed by atoms with Gasteiger partial charge in [-0.15, -0.1) is 0 Å². The van der Waals surface area contributed by atoms with Crippen LogP contribution in [0.5, 0.6) is 5.75 Å². The number of carbonyl (C=O) groups excluding carboxylic acids is 1. The van der Waals surface area contributed by atoms with Crippen molar-refractivity contribution in [3.8, 4) is 5.75 Å². The van der Waals surface area contributed by atoms with Crippen LogP contribution in [0.2, 0.25) is 5.02 Å². The predicted octanol–water partition coefficient (Wildman–Crippen LogP) is 3.33. The van der Waals surface area contributed by atoms with Crippen LogP contribution in [-0.4, -0.2) is 56.3 Å². The second-order valence-electron chi connectivity index (χ2n) is 7.45. The van der Waals surface area contributed by atoms with E-state index in [0.29, 0.717) is 18.0 Å². The number of rotatable bonds is 6. The Hall–Kier alpha value is -2.08. The summed E-state index contributed by atoms with van der Waals surface area (Å²) in [5, 5.41) is 11.6. The van der Waals surface area contributed by atoms with Gasteiger partial charge >= 0.3 is 0 Å². The summed E-state index contributed by atoms with van der Waals surface area (Å²) < 4.78 is 5.22. The molecule has 2 aromatic carbocycles. The number of nitrogens with zero attached hydrogens (tertiary/aromatic N) is 2. The number of benzene rings is 2. The number of carbonyl (C=O) groups is 1. The number of ether oxygens (including phenoxy) is 1. The molecule has 1 heterocycles. The third-order valence-corrected chi connectivity index (χ3v) is 5.44. The molecule has 0 radical (unpaired) electrons. The summed E-state index contributed by atoms with van der Waals surface area (Å²) in [7, 11) is 5.63. The van der Waals surface area contributed by atoms with Crippen LogP contribution < -0.4 is 9.64 Å². The van der Waals surface area contributed by atoms with E-state index in [1.165, 1.54) is 0 Å². The smallest absolute Gasteiger partial charge is 0.256 e. The van der Waals surface area contributed by atoms with Gasteiger partial charge in [-0.25, -0.2) is 0 Å². The van der Waals surface area contributed by atoms with E-state index < -0.39 is 6.10 Å². The van der Waals surface area contributed by atoms with E-state index >= 15 is 0 Å². The molecule has 0 fully saturated rings. The van der Waals surface area contributed by atoms with Crippen LogP contribution in [0.4, 0.5) is 5.69 Å². The SMILES string of the molecule is COc1ccc([C@H]2Cc3cc(Cl)ccc3N(CCCN(C)C)C(=O)[C@H]2O)cc1. The molecule has 1 N–H and O–H groups in total. The van der Waals surface area contributed by atoms with Gasteiger partial charge in [-0.2, -0.15) is 0 Å². The molecular formula is C22H27ClN2O3. The molecule has 0 bridgehead atoms. The van der Waals surface area contributed by atoms with E-state index in [4.69, 9.17) is 16.3 Å². The van der Waals surface area contributed by atoms with Crippen molar-refractivity contribution >= 4 is 23.2 Å². The maximum Gasteiger partial charge on any atom is 0.256 e. The number of hydrogen-bond acceptors (Lipinski definition) is 4. The molecule has 0 saturated carbocycles.